The Morgan fingerprint density at radius 2 is 2.24 bits per heavy atom. The smallest absolute Gasteiger partial charge is 0.326 e. The summed E-state index contributed by atoms with van der Waals surface area (Å²) in [6.07, 6.45) is 0. The van der Waals surface area contributed by atoms with E-state index in [4.69, 9.17) is 4.74 Å². The summed E-state index contributed by atoms with van der Waals surface area (Å²) in [6.45, 7) is 0.183. The highest BCUT2D eigenvalue weighted by molar-refractivity contribution is 7.14. The normalized spacial score (nSPS) is 17.1. The summed E-state index contributed by atoms with van der Waals surface area (Å²) in [5.74, 6) is -0.810. The van der Waals surface area contributed by atoms with Gasteiger partial charge in [0.15, 0.2) is 5.41 Å². The van der Waals surface area contributed by atoms with E-state index in [0.29, 0.717) is 0 Å². The molecule has 0 spiro atoms. The lowest BCUT2D eigenvalue weighted by atomic mass is 9.84. The minimum absolute atomic E-state index is 0.0915. The zero-order valence-corrected chi connectivity index (χ0v) is 10.5. The average Bonchev–Trinajstić information content (AvgIpc) is 2.79. The van der Waals surface area contributed by atoms with Crippen molar-refractivity contribution in [1.82, 2.24) is 0 Å². The standard InChI is InChI=1S/C11H13NO4S/c1-12(8-4-3-5-17-8)9(13)11(6-16-7-11)10(14)15-2/h3-5H,6-7H2,1-2H3. The first-order chi connectivity index (χ1) is 8.12. The lowest BCUT2D eigenvalue weighted by molar-refractivity contribution is -0.186. The number of amides is 1. The molecule has 2 heterocycles. The molecule has 0 saturated carbocycles. The van der Waals surface area contributed by atoms with Crippen molar-refractivity contribution in [2.45, 2.75) is 0 Å². The first-order valence-electron chi connectivity index (χ1n) is 5.09. The second-order valence-corrected chi connectivity index (χ2v) is 4.81. The molecule has 6 heteroatoms. The number of esters is 1. The van der Waals surface area contributed by atoms with Gasteiger partial charge in [-0.3, -0.25) is 9.59 Å². The van der Waals surface area contributed by atoms with Crippen molar-refractivity contribution in [3.05, 3.63) is 17.5 Å². The van der Waals surface area contributed by atoms with E-state index in [0.717, 1.165) is 5.00 Å². The molecule has 0 N–H and O–H groups in total. The minimum atomic E-state index is -1.16. The van der Waals surface area contributed by atoms with Gasteiger partial charge in [-0.15, -0.1) is 11.3 Å². The quantitative estimate of drug-likeness (QED) is 0.595. The molecule has 1 amide bonds. The zero-order chi connectivity index (χ0) is 12.5. The van der Waals surface area contributed by atoms with Gasteiger partial charge in [0.1, 0.15) is 0 Å². The maximum Gasteiger partial charge on any atom is 0.326 e. The number of nitrogens with zero attached hydrogens (tertiary/aromatic N) is 1. The molecule has 0 unspecified atom stereocenters. The molecule has 1 aromatic rings. The Kier molecular flexibility index (Phi) is 3.17. The monoisotopic (exact) mass is 255 g/mol. The summed E-state index contributed by atoms with van der Waals surface area (Å²) in [5.41, 5.74) is -1.16. The fourth-order valence-corrected chi connectivity index (χ4v) is 2.41. The first kappa shape index (κ1) is 12.1. The molecular formula is C11H13NO4S. The number of anilines is 1. The largest absolute Gasteiger partial charge is 0.468 e. The Morgan fingerprint density at radius 1 is 1.53 bits per heavy atom. The molecule has 17 heavy (non-hydrogen) atoms. The average molecular weight is 255 g/mol. The molecule has 92 valence electrons. The molecule has 2 rings (SSSR count). The SMILES string of the molecule is COC(=O)C1(C(=O)N(C)c2cccs2)COC1. The second-order valence-electron chi connectivity index (χ2n) is 3.88. The summed E-state index contributed by atoms with van der Waals surface area (Å²) in [7, 11) is 2.93. The number of rotatable bonds is 3. The van der Waals surface area contributed by atoms with Crippen LogP contribution in [0, 0.1) is 5.41 Å². The van der Waals surface area contributed by atoms with E-state index in [-0.39, 0.29) is 19.1 Å². The Labute approximate surface area is 103 Å². The van der Waals surface area contributed by atoms with Crippen LogP contribution >= 0.6 is 11.3 Å². The lowest BCUT2D eigenvalue weighted by Gasteiger charge is -2.38. The van der Waals surface area contributed by atoms with E-state index >= 15 is 0 Å². The van der Waals surface area contributed by atoms with E-state index < -0.39 is 11.4 Å². The fraction of sp³-hybridized carbons (Fsp3) is 0.455. The molecule has 5 nitrogen and oxygen atoms in total. The number of hydrogen-bond acceptors (Lipinski definition) is 5. The van der Waals surface area contributed by atoms with Crippen LogP contribution in [-0.4, -0.2) is 39.2 Å². The number of methoxy groups -OCH3 is 1. The van der Waals surface area contributed by atoms with Gasteiger partial charge in [-0.25, -0.2) is 0 Å². The Hall–Kier alpha value is -1.40. The van der Waals surface area contributed by atoms with Crippen LogP contribution in [0.4, 0.5) is 5.00 Å². The van der Waals surface area contributed by atoms with Crippen LogP contribution in [0.15, 0.2) is 17.5 Å². The van der Waals surface area contributed by atoms with Gasteiger partial charge in [-0.1, -0.05) is 0 Å². The van der Waals surface area contributed by atoms with E-state index in [1.807, 2.05) is 17.5 Å². The van der Waals surface area contributed by atoms with Crippen LogP contribution in [0.1, 0.15) is 0 Å². The van der Waals surface area contributed by atoms with Crippen LogP contribution in [0.25, 0.3) is 0 Å². The Morgan fingerprint density at radius 3 is 2.65 bits per heavy atom. The predicted molar refractivity (Wildman–Crippen MR) is 63.0 cm³/mol. The van der Waals surface area contributed by atoms with E-state index in [1.165, 1.54) is 23.3 Å². The van der Waals surface area contributed by atoms with Crippen LogP contribution < -0.4 is 4.90 Å². The highest BCUT2D eigenvalue weighted by Crippen LogP contribution is 2.33. The topological polar surface area (TPSA) is 55.8 Å². The number of hydrogen-bond donors (Lipinski definition) is 0. The summed E-state index contributed by atoms with van der Waals surface area (Å²) in [5, 5.41) is 2.67. The first-order valence-corrected chi connectivity index (χ1v) is 5.97. The minimum Gasteiger partial charge on any atom is -0.468 e. The highest BCUT2D eigenvalue weighted by atomic mass is 32.1. The number of thiophene rings is 1. The van der Waals surface area contributed by atoms with Crippen LogP contribution in [-0.2, 0) is 19.1 Å². The van der Waals surface area contributed by atoms with Crippen LogP contribution in [0.5, 0.6) is 0 Å². The molecule has 1 aliphatic rings. The van der Waals surface area contributed by atoms with Gasteiger partial charge in [0.05, 0.1) is 25.3 Å². The third-order valence-electron chi connectivity index (χ3n) is 2.82. The van der Waals surface area contributed by atoms with Gasteiger partial charge in [0.2, 0.25) is 5.91 Å². The van der Waals surface area contributed by atoms with Crippen molar-refractivity contribution >= 4 is 28.2 Å². The molecule has 1 aromatic heterocycles. The Bertz CT molecular complexity index is 425. The fourth-order valence-electron chi connectivity index (χ4n) is 1.71. The van der Waals surface area contributed by atoms with Crippen molar-refractivity contribution < 1.29 is 19.1 Å². The third kappa shape index (κ3) is 1.83. The van der Waals surface area contributed by atoms with Gasteiger partial charge in [-0.05, 0) is 17.5 Å². The summed E-state index contributed by atoms with van der Waals surface area (Å²) < 4.78 is 9.69. The molecule has 1 fully saturated rings. The second kappa shape index (κ2) is 4.46. The van der Waals surface area contributed by atoms with E-state index in [1.54, 1.807) is 7.05 Å². The molecule has 0 radical (unpaired) electrons. The predicted octanol–water partition coefficient (Wildman–Crippen LogP) is 0.900. The molecule has 0 aromatic carbocycles. The molecule has 0 atom stereocenters. The Balaban J connectivity index is 2.21. The summed E-state index contributed by atoms with van der Waals surface area (Å²) in [6, 6.07) is 3.68. The van der Waals surface area contributed by atoms with Crippen molar-refractivity contribution in [3.63, 3.8) is 0 Å². The molecule has 1 saturated heterocycles. The zero-order valence-electron chi connectivity index (χ0n) is 9.63. The molecule has 1 aliphatic heterocycles. The van der Waals surface area contributed by atoms with Gasteiger partial charge in [0, 0.05) is 7.05 Å². The van der Waals surface area contributed by atoms with Gasteiger partial charge in [0.25, 0.3) is 0 Å². The maximum atomic E-state index is 12.3. The van der Waals surface area contributed by atoms with E-state index in [2.05, 4.69) is 4.74 Å². The summed E-state index contributed by atoms with van der Waals surface area (Å²) in [4.78, 5) is 25.5. The van der Waals surface area contributed by atoms with Gasteiger partial charge >= 0.3 is 5.97 Å². The number of ether oxygens (including phenoxy) is 2. The van der Waals surface area contributed by atoms with Crippen molar-refractivity contribution in [2.75, 3.05) is 32.3 Å². The van der Waals surface area contributed by atoms with E-state index in [9.17, 15) is 9.59 Å². The van der Waals surface area contributed by atoms with Crippen molar-refractivity contribution in [2.24, 2.45) is 5.41 Å². The van der Waals surface area contributed by atoms with Gasteiger partial charge in [-0.2, -0.15) is 0 Å². The van der Waals surface area contributed by atoms with Gasteiger partial charge < -0.3 is 14.4 Å². The molecule has 0 aliphatic carbocycles. The number of carbonyl (C=O) groups is 2. The van der Waals surface area contributed by atoms with Crippen molar-refractivity contribution in [1.29, 1.82) is 0 Å². The number of carbonyl (C=O) groups excluding carboxylic acids is 2. The lowest BCUT2D eigenvalue weighted by Crippen LogP contribution is -2.59. The summed E-state index contributed by atoms with van der Waals surface area (Å²) >= 11 is 1.44. The maximum absolute atomic E-state index is 12.3. The van der Waals surface area contributed by atoms with Crippen LogP contribution in [0.3, 0.4) is 0 Å². The van der Waals surface area contributed by atoms with Crippen molar-refractivity contribution in [3.8, 4) is 0 Å². The third-order valence-corrected chi connectivity index (χ3v) is 3.77. The highest BCUT2D eigenvalue weighted by Gasteiger charge is 2.55. The van der Waals surface area contributed by atoms with Crippen LogP contribution in [0.2, 0.25) is 0 Å². The molecule has 0 bridgehead atoms. The molecular weight excluding hydrogens is 242 g/mol.